The summed E-state index contributed by atoms with van der Waals surface area (Å²) in [6, 6.07) is 10.2. The Balaban J connectivity index is 2.28. The van der Waals surface area contributed by atoms with Gasteiger partial charge in [0.25, 0.3) is 0 Å². The van der Waals surface area contributed by atoms with Gasteiger partial charge in [0.15, 0.2) is 0 Å². The molecule has 0 bridgehead atoms. The fourth-order valence-electron chi connectivity index (χ4n) is 2.82. The van der Waals surface area contributed by atoms with Crippen LogP contribution in [0.4, 0.5) is 10.1 Å². The van der Waals surface area contributed by atoms with Crippen LogP contribution in [0.5, 0.6) is 11.5 Å². The highest BCUT2D eigenvalue weighted by Gasteiger charge is 2.20. The third kappa shape index (κ3) is 3.08. The number of methoxy groups -OCH3 is 3. The second-order valence-electron chi connectivity index (χ2n) is 5.54. The Hall–Kier alpha value is -2.86. The standard InChI is InChI=1S/C19H19FN2O3/c1-23-10-11-7-16(24-2)18(17(8-11)25-3)19-13(20)9-12-14(21)5-4-6-15(12)22-19/h4-9H,10,21H2,1-3H3. The van der Waals surface area contributed by atoms with Crippen molar-refractivity contribution < 1.29 is 18.6 Å². The molecule has 2 N–H and O–H groups in total. The van der Waals surface area contributed by atoms with Gasteiger partial charge in [0.2, 0.25) is 0 Å². The highest BCUT2D eigenvalue weighted by Crippen LogP contribution is 2.41. The van der Waals surface area contributed by atoms with Gasteiger partial charge in [-0.15, -0.1) is 0 Å². The van der Waals surface area contributed by atoms with E-state index in [1.807, 2.05) is 0 Å². The number of fused-ring (bicyclic) bond motifs is 1. The van der Waals surface area contributed by atoms with Gasteiger partial charge in [0.05, 0.1) is 31.9 Å². The molecule has 1 heterocycles. The van der Waals surface area contributed by atoms with Gasteiger partial charge in [-0.05, 0) is 35.9 Å². The quantitative estimate of drug-likeness (QED) is 0.715. The van der Waals surface area contributed by atoms with Crippen LogP contribution in [0.2, 0.25) is 0 Å². The molecule has 0 saturated carbocycles. The van der Waals surface area contributed by atoms with Crippen molar-refractivity contribution in [3.8, 4) is 22.8 Å². The average molecular weight is 342 g/mol. The van der Waals surface area contributed by atoms with E-state index in [0.717, 1.165) is 5.56 Å². The van der Waals surface area contributed by atoms with Crippen LogP contribution >= 0.6 is 0 Å². The molecule has 25 heavy (non-hydrogen) atoms. The molecule has 2 aromatic carbocycles. The molecule has 3 rings (SSSR count). The number of ether oxygens (including phenoxy) is 3. The van der Waals surface area contributed by atoms with Crippen LogP contribution < -0.4 is 15.2 Å². The first-order valence-corrected chi connectivity index (χ1v) is 7.68. The Morgan fingerprint density at radius 1 is 1.04 bits per heavy atom. The topological polar surface area (TPSA) is 66.6 Å². The van der Waals surface area contributed by atoms with E-state index in [0.29, 0.717) is 40.3 Å². The number of rotatable bonds is 5. The van der Waals surface area contributed by atoms with Crippen LogP contribution in [-0.2, 0) is 11.3 Å². The summed E-state index contributed by atoms with van der Waals surface area (Å²) in [6.07, 6.45) is 0. The predicted octanol–water partition coefficient (Wildman–Crippen LogP) is 3.79. The van der Waals surface area contributed by atoms with Crippen LogP contribution in [0.25, 0.3) is 22.2 Å². The summed E-state index contributed by atoms with van der Waals surface area (Å²) in [5.74, 6) is 0.420. The van der Waals surface area contributed by atoms with E-state index in [1.54, 1.807) is 37.4 Å². The van der Waals surface area contributed by atoms with E-state index < -0.39 is 5.82 Å². The fraction of sp³-hybridized carbons (Fsp3) is 0.211. The summed E-state index contributed by atoms with van der Waals surface area (Å²) in [7, 11) is 4.64. The van der Waals surface area contributed by atoms with Gasteiger partial charge in [0.1, 0.15) is 23.0 Å². The molecular formula is C19H19FN2O3. The summed E-state index contributed by atoms with van der Waals surface area (Å²) in [6.45, 7) is 0.386. The SMILES string of the molecule is COCc1cc(OC)c(-c2nc3cccc(N)c3cc2F)c(OC)c1. The number of nitrogens with zero attached hydrogens (tertiary/aromatic N) is 1. The van der Waals surface area contributed by atoms with E-state index in [4.69, 9.17) is 19.9 Å². The molecule has 5 nitrogen and oxygen atoms in total. The lowest BCUT2D eigenvalue weighted by atomic mass is 10.0. The first-order valence-electron chi connectivity index (χ1n) is 7.68. The zero-order chi connectivity index (χ0) is 18.0. The Bertz CT molecular complexity index is 903. The zero-order valence-corrected chi connectivity index (χ0v) is 14.3. The molecule has 1 aromatic heterocycles. The number of hydrogen-bond donors (Lipinski definition) is 1. The minimum atomic E-state index is -0.499. The van der Waals surface area contributed by atoms with Gasteiger partial charge in [-0.3, -0.25) is 0 Å². The maximum absolute atomic E-state index is 14.8. The van der Waals surface area contributed by atoms with Gasteiger partial charge in [-0.2, -0.15) is 0 Å². The van der Waals surface area contributed by atoms with E-state index in [2.05, 4.69) is 4.98 Å². The number of benzene rings is 2. The number of hydrogen-bond acceptors (Lipinski definition) is 5. The lowest BCUT2D eigenvalue weighted by Gasteiger charge is -2.16. The molecule has 0 fully saturated rings. The van der Waals surface area contributed by atoms with Gasteiger partial charge >= 0.3 is 0 Å². The van der Waals surface area contributed by atoms with Crippen molar-refractivity contribution in [3.63, 3.8) is 0 Å². The predicted molar refractivity (Wildman–Crippen MR) is 95.4 cm³/mol. The van der Waals surface area contributed by atoms with Crippen LogP contribution in [0, 0.1) is 5.82 Å². The van der Waals surface area contributed by atoms with E-state index in [1.165, 1.54) is 20.3 Å². The summed E-state index contributed by atoms with van der Waals surface area (Å²) < 4.78 is 30.9. The molecule has 130 valence electrons. The largest absolute Gasteiger partial charge is 0.496 e. The molecule has 0 amide bonds. The molecule has 6 heteroatoms. The van der Waals surface area contributed by atoms with Crippen LogP contribution in [0.1, 0.15) is 5.56 Å². The number of anilines is 1. The summed E-state index contributed by atoms with van der Waals surface area (Å²) in [5, 5.41) is 0.567. The molecule has 0 aliphatic carbocycles. The highest BCUT2D eigenvalue weighted by atomic mass is 19.1. The third-order valence-electron chi connectivity index (χ3n) is 3.96. The highest BCUT2D eigenvalue weighted by molar-refractivity contribution is 5.92. The molecule has 0 saturated heterocycles. The second-order valence-corrected chi connectivity index (χ2v) is 5.54. The zero-order valence-electron chi connectivity index (χ0n) is 14.3. The molecule has 3 aromatic rings. The van der Waals surface area contributed by atoms with Gasteiger partial charge < -0.3 is 19.9 Å². The Labute approximate surface area is 145 Å². The van der Waals surface area contributed by atoms with E-state index in [9.17, 15) is 4.39 Å². The normalized spacial score (nSPS) is 10.9. The first kappa shape index (κ1) is 17.0. The number of nitrogen functional groups attached to an aromatic ring is 1. The van der Waals surface area contributed by atoms with Crippen molar-refractivity contribution in [3.05, 3.63) is 47.8 Å². The molecule has 0 aliphatic heterocycles. The lowest BCUT2D eigenvalue weighted by molar-refractivity contribution is 0.184. The number of pyridine rings is 1. The monoisotopic (exact) mass is 342 g/mol. The molecule has 0 atom stereocenters. The lowest BCUT2D eigenvalue weighted by Crippen LogP contribution is -2.01. The Morgan fingerprint density at radius 3 is 2.32 bits per heavy atom. The van der Waals surface area contributed by atoms with Gasteiger partial charge in [-0.25, -0.2) is 9.37 Å². The molecular weight excluding hydrogens is 323 g/mol. The van der Waals surface area contributed by atoms with Crippen LogP contribution in [0.15, 0.2) is 36.4 Å². The van der Waals surface area contributed by atoms with Crippen molar-refractivity contribution >= 4 is 16.6 Å². The number of aromatic nitrogens is 1. The minimum absolute atomic E-state index is 0.149. The van der Waals surface area contributed by atoms with Crippen molar-refractivity contribution in [1.29, 1.82) is 0 Å². The molecule has 0 spiro atoms. The average Bonchev–Trinajstić information content (AvgIpc) is 2.61. The Morgan fingerprint density at radius 2 is 1.72 bits per heavy atom. The van der Waals surface area contributed by atoms with Crippen molar-refractivity contribution in [2.45, 2.75) is 6.61 Å². The minimum Gasteiger partial charge on any atom is -0.496 e. The van der Waals surface area contributed by atoms with Crippen LogP contribution in [-0.4, -0.2) is 26.3 Å². The molecule has 0 radical (unpaired) electrons. The smallest absolute Gasteiger partial charge is 0.150 e. The maximum Gasteiger partial charge on any atom is 0.150 e. The fourth-order valence-corrected chi connectivity index (χ4v) is 2.82. The maximum atomic E-state index is 14.8. The summed E-state index contributed by atoms with van der Waals surface area (Å²) >= 11 is 0. The number of halogens is 1. The summed E-state index contributed by atoms with van der Waals surface area (Å²) in [4.78, 5) is 4.45. The summed E-state index contributed by atoms with van der Waals surface area (Å²) in [5.41, 5.74) is 8.44. The molecule has 0 aliphatic rings. The van der Waals surface area contributed by atoms with Crippen molar-refractivity contribution in [2.24, 2.45) is 0 Å². The molecule has 0 unspecified atom stereocenters. The van der Waals surface area contributed by atoms with Gasteiger partial charge in [0, 0.05) is 18.2 Å². The van der Waals surface area contributed by atoms with E-state index >= 15 is 0 Å². The first-order chi connectivity index (χ1) is 12.1. The van der Waals surface area contributed by atoms with E-state index in [-0.39, 0.29) is 5.69 Å². The van der Waals surface area contributed by atoms with Crippen LogP contribution in [0.3, 0.4) is 0 Å². The Kier molecular flexibility index (Phi) is 4.72. The van der Waals surface area contributed by atoms with Crippen molar-refractivity contribution in [1.82, 2.24) is 4.98 Å². The number of nitrogens with two attached hydrogens (primary N) is 1. The van der Waals surface area contributed by atoms with Gasteiger partial charge in [-0.1, -0.05) is 6.07 Å². The third-order valence-corrected chi connectivity index (χ3v) is 3.96. The second kappa shape index (κ2) is 6.94. The van der Waals surface area contributed by atoms with Crippen molar-refractivity contribution in [2.75, 3.05) is 27.1 Å².